The van der Waals surface area contributed by atoms with Crippen molar-refractivity contribution < 1.29 is 79.3 Å². The molecule has 1 fully saturated rings. The summed E-state index contributed by atoms with van der Waals surface area (Å²) in [6.45, 7) is -1.29. The number of nitrogens with one attached hydrogen (secondary N) is 1. The number of rotatable bonds is 8. The highest BCUT2D eigenvalue weighted by molar-refractivity contribution is 7.66. The predicted molar refractivity (Wildman–Crippen MR) is 97.4 cm³/mol. The Balaban J connectivity index is 2.22. The lowest BCUT2D eigenvalue weighted by molar-refractivity contribution is -0.0950. The molecule has 1 aromatic rings. The number of phosphoric acid groups is 3. The SMILES string of the molecule is O=C(n1cc([C@@H]2O[C@H](COP(=O)(O)OP(=O)(O)OP(=O)(O)O)[C@@H](O)[C@H]2O)c(=O)[nH]c1=O)C(F)(F)F. The third-order valence-electron chi connectivity index (χ3n) is 3.92. The van der Waals surface area contributed by atoms with Crippen molar-refractivity contribution in [2.24, 2.45) is 0 Å². The molecule has 1 aliphatic heterocycles. The third kappa shape index (κ3) is 7.70. The van der Waals surface area contributed by atoms with Gasteiger partial charge in [0.25, 0.3) is 5.56 Å². The lowest BCUT2D eigenvalue weighted by atomic mass is 10.0. The van der Waals surface area contributed by atoms with E-state index in [1.165, 1.54) is 4.98 Å². The van der Waals surface area contributed by atoms with Gasteiger partial charge in [-0.25, -0.2) is 23.1 Å². The minimum Gasteiger partial charge on any atom is -0.387 e. The monoisotopic (exact) mass is 580 g/mol. The number of aromatic amines is 1. The van der Waals surface area contributed by atoms with Crippen LogP contribution in [0.1, 0.15) is 16.5 Å². The first-order chi connectivity index (χ1) is 15.6. The smallest absolute Gasteiger partial charge is 0.387 e. The molecule has 2 heterocycles. The molecule has 35 heavy (non-hydrogen) atoms. The van der Waals surface area contributed by atoms with Gasteiger partial charge in [-0.15, -0.1) is 0 Å². The van der Waals surface area contributed by atoms with Gasteiger partial charge in [0, 0.05) is 6.20 Å². The highest BCUT2D eigenvalue weighted by Gasteiger charge is 2.48. The molecule has 0 amide bonds. The molecule has 200 valence electrons. The zero-order valence-corrected chi connectivity index (χ0v) is 19.0. The Morgan fingerprint density at radius 2 is 1.63 bits per heavy atom. The van der Waals surface area contributed by atoms with Crippen molar-refractivity contribution in [3.63, 3.8) is 0 Å². The molecule has 0 spiro atoms. The number of phosphoric ester groups is 1. The first kappa shape index (κ1) is 29.7. The minimum atomic E-state index is -5.88. The summed E-state index contributed by atoms with van der Waals surface area (Å²) in [5.74, 6) is -2.72. The highest BCUT2D eigenvalue weighted by Crippen LogP contribution is 2.66. The van der Waals surface area contributed by atoms with Gasteiger partial charge in [0.1, 0.15) is 24.4 Å². The molecule has 18 nitrogen and oxygen atoms in total. The van der Waals surface area contributed by atoms with Crippen molar-refractivity contribution in [2.45, 2.75) is 30.6 Å². The van der Waals surface area contributed by atoms with Gasteiger partial charge in [-0.3, -0.25) is 19.1 Å². The first-order valence-corrected chi connectivity index (χ1v) is 12.9. The Labute approximate surface area is 188 Å². The molecule has 2 unspecified atom stereocenters. The predicted octanol–water partition coefficient (Wildman–Crippen LogP) is -1.76. The average Bonchev–Trinajstić information content (AvgIpc) is 2.91. The average molecular weight is 580 g/mol. The van der Waals surface area contributed by atoms with E-state index in [9.17, 15) is 56.4 Å². The van der Waals surface area contributed by atoms with Crippen LogP contribution in [-0.4, -0.2) is 76.3 Å². The van der Waals surface area contributed by atoms with Crippen molar-refractivity contribution in [2.75, 3.05) is 6.61 Å². The van der Waals surface area contributed by atoms with Crippen LogP contribution in [0.5, 0.6) is 0 Å². The van der Waals surface area contributed by atoms with E-state index in [-0.39, 0.29) is 6.20 Å². The second-order valence-electron chi connectivity index (χ2n) is 6.48. The van der Waals surface area contributed by atoms with Crippen LogP contribution in [0.2, 0.25) is 0 Å². The summed E-state index contributed by atoms with van der Waals surface area (Å²) >= 11 is 0. The Morgan fingerprint density at radius 1 is 1.06 bits per heavy atom. The molecule has 0 saturated carbocycles. The number of alkyl halides is 3. The number of ether oxygens (including phenoxy) is 1. The summed E-state index contributed by atoms with van der Waals surface area (Å²) in [5.41, 5.74) is -4.20. The van der Waals surface area contributed by atoms with E-state index < -0.39 is 88.0 Å². The van der Waals surface area contributed by atoms with Gasteiger partial charge >= 0.3 is 41.2 Å². The molecule has 7 N–H and O–H groups in total. The van der Waals surface area contributed by atoms with Gasteiger partial charge in [0.2, 0.25) is 0 Å². The summed E-state index contributed by atoms with van der Waals surface area (Å²) < 4.78 is 87.1. The Morgan fingerprint density at radius 3 is 2.14 bits per heavy atom. The molecule has 0 aromatic carbocycles. The molecule has 1 saturated heterocycles. The largest absolute Gasteiger partial charge is 0.490 e. The second-order valence-corrected chi connectivity index (χ2v) is 10.9. The lowest BCUT2D eigenvalue weighted by Gasteiger charge is -2.19. The van der Waals surface area contributed by atoms with Crippen molar-refractivity contribution in [3.05, 3.63) is 32.6 Å². The van der Waals surface area contributed by atoms with Crippen molar-refractivity contribution >= 4 is 29.4 Å². The van der Waals surface area contributed by atoms with E-state index in [0.29, 0.717) is 0 Å². The van der Waals surface area contributed by atoms with Gasteiger partial charge in [0.15, 0.2) is 0 Å². The van der Waals surface area contributed by atoms with Crippen LogP contribution in [0, 0.1) is 0 Å². The summed E-state index contributed by atoms with van der Waals surface area (Å²) in [5, 5.41) is 20.1. The molecule has 0 radical (unpaired) electrons. The lowest BCUT2D eigenvalue weighted by Crippen LogP contribution is -2.42. The minimum absolute atomic E-state index is 0.0856. The zero-order valence-electron chi connectivity index (χ0n) is 16.3. The number of nitrogens with zero attached hydrogens (tertiary/aromatic N) is 1. The quantitative estimate of drug-likeness (QED) is 0.168. The van der Waals surface area contributed by atoms with Crippen molar-refractivity contribution in [1.29, 1.82) is 0 Å². The normalized spacial score (nSPS) is 26.8. The molecule has 0 aliphatic carbocycles. The number of aromatic nitrogens is 2. The van der Waals surface area contributed by atoms with Crippen LogP contribution in [-0.2, 0) is 31.6 Å². The van der Waals surface area contributed by atoms with E-state index in [1.807, 2.05) is 0 Å². The number of aliphatic hydroxyl groups excluding tert-OH is 2. The molecule has 0 bridgehead atoms. The fraction of sp³-hybridized carbons (Fsp3) is 0.545. The second kappa shape index (κ2) is 10.1. The number of hydrogen-bond donors (Lipinski definition) is 7. The molecule has 24 heteroatoms. The Kier molecular flexibility index (Phi) is 8.53. The van der Waals surface area contributed by atoms with Crippen LogP contribution in [0.25, 0.3) is 0 Å². The van der Waals surface area contributed by atoms with Crippen LogP contribution in [0.3, 0.4) is 0 Å². The van der Waals surface area contributed by atoms with E-state index in [1.54, 1.807) is 0 Å². The number of halogens is 3. The number of H-pyrrole nitrogens is 1. The molecule has 6 atom stereocenters. The van der Waals surface area contributed by atoms with Crippen LogP contribution in [0.4, 0.5) is 13.2 Å². The molecule has 2 rings (SSSR count). The molecular formula is C11H14F3N2O16P3. The van der Waals surface area contributed by atoms with E-state index >= 15 is 0 Å². The highest BCUT2D eigenvalue weighted by atomic mass is 31.3. The standard InChI is InChI=1S/C11H14F3N2O16P3/c12-11(13,14)9(20)16-1-3(8(19)15-10(16)21)7-6(18)5(17)4(30-7)2-29-34(25,26)32-35(27,28)31-33(22,23)24/h1,4-7,17-18H,2H2,(H,25,26)(H,27,28)(H,15,19,21)(H2,22,23,24)/t4-,5-,6-,7+/m1/s1. The van der Waals surface area contributed by atoms with E-state index in [2.05, 4.69) is 13.1 Å². The van der Waals surface area contributed by atoms with Crippen LogP contribution in [0.15, 0.2) is 15.8 Å². The fourth-order valence-corrected chi connectivity index (χ4v) is 5.62. The Hall–Kier alpha value is -1.57. The first-order valence-electron chi connectivity index (χ1n) is 8.41. The van der Waals surface area contributed by atoms with Gasteiger partial charge in [0.05, 0.1) is 12.2 Å². The van der Waals surface area contributed by atoms with E-state index in [4.69, 9.17) is 19.4 Å². The Bertz CT molecular complexity index is 1240. The van der Waals surface area contributed by atoms with Crippen LogP contribution >= 0.6 is 23.5 Å². The molecule has 1 aliphatic rings. The molecular weight excluding hydrogens is 566 g/mol. The van der Waals surface area contributed by atoms with Gasteiger partial charge in [-0.2, -0.15) is 21.8 Å². The summed E-state index contributed by atoms with van der Waals surface area (Å²) in [6, 6.07) is 0. The number of hydrogen-bond acceptors (Lipinski definition) is 12. The summed E-state index contributed by atoms with van der Waals surface area (Å²) in [4.78, 5) is 71.6. The number of carbonyl (C=O) groups is 1. The van der Waals surface area contributed by atoms with Crippen molar-refractivity contribution in [1.82, 2.24) is 9.55 Å². The van der Waals surface area contributed by atoms with Crippen molar-refractivity contribution in [3.8, 4) is 0 Å². The fourth-order valence-electron chi connectivity index (χ4n) is 2.59. The molecule has 1 aromatic heterocycles. The maximum atomic E-state index is 12.7. The third-order valence-corrected chi connectivity index (χ3v) is 7.72. The van der Waals surface area contributed by atoms with Gasteiger partial charge < -0.3 is 34.5 Å². The van der Waals surface area contributed by atoms with Gasteiger partial charge in [-0.05, 0) is 0 Å². The zero-order chi connectivity index (χ0) is 27.1. The van der Waals surface area contributed by atoms with Gasteiger partial charge in [-0.1, -0.05) is 0 Å². The topological polar surface area (TPSA) is 281 Å². The number of aliphatic hydroxyl groups is 2. The van der Waals surface area contributed by atoms with E-state index in [0.717, 1.165) is 0 Å². The summed E-state index contributed by atoms with van der Waals surface area (Å²) in [6.07, 6.45) is -13.7. The number of carbonyl (C=O) groups excluding carboxylic acids is 1. The maximum Gasteiger partial charge on any atom is 0.490 e. The maximum absolute atomic E-state index is 12.7. The summed E-state index contributed by atoms with van der Waals surface area (Å²) in [7, 11) is -17.2. The van der Waals surface area contributed by atoms with Crippen LogP contribution < -0.4 is 11.2 Å².